The Labute approximate surface area is 72.1 Å². The van der Waals surface area contributed by atoms with Crippen molar-refractivity contribution in [2.75, 3.05) is 5.73 Å². The standard InChI is InChI=1S/C4H2Cl3N3/c5-1-2(6)9-4(7)10-3(1)8/h(H2,8,9,10). The summed E-state index contributed by atoms with van der Waals surface area (Å²) in [6.45, 7) is 0. The highest BCUT2D eigenvalue weighted by molar-refractivity contribution is 6.43. The molecule has 0 aliphatic rings. The first-order chi connectivity index (χ1) is 4.61. The molecule has 1 aromatic rings. The van der Waals surface area contributed by atoms with E-state index in [9.17, 15) is 0 Å². The highest BCUT2D eigenvalue weighted by atomic mass is 35.5. The highest BCUT2D eigenvalue weighted by Crippen LogP contribution is 2.25. The third-order valence-corrected chi connectivity index (χ3v) is 1.72. The first-order valence-electron chi connectivity index (χ1n) is 2.25. The van der Waals surface area contributed by atoms with Crippen molar-refractivity contribution in [3.63, 3.8) is 0 Å². The zero-order valence-electron chi connectivity index (χ0n) is 4.61. The summed E-state index contributed by atoms with van der Waals surface area (Å²) in [5.41, 5.74) is 5.27. The van der Waals surface area contributed by atoms with Crippen molar-refractivity contribution in [2.24, 2.45) is 0 Å². The van der Waals surface area contributed by atoms with E-state index in [1.807, 2.05) is 0 Å². The molecule has 1 rings (SSSR count). The van der Waals surface area contributed by atoms with Gasteiger partial charge < -0.3 is 5.73 Å². The van der Waals surface area contributed by atoms with Gasteiger partial charge in [0.1, 0.15) is 10.8 Å². The normalized spacial score (nSPS) is 9.90. The summed E-state index contributed by atoms with van der Waals surface area (Å²) < 4.78 is 0. The van der Waals surface area contributed by atoms with Crippen molar-refractivity contribution in [2.45, 2.75) is 0 Å². The van der Waals surface area contributed by atoms with Gasteiger partial charge in [-0.2, -0.15) is 4.98 Å². The predicted molar refractivity (Wildman–Crippen MR) is 41.5 cm³/mol. The van der Waals surface area contributed by atoms with Crippen LogP contribution in [0.15, 0.2) is 0 Å². The number of halogens is 3. The van der Waals surface area contributed by atoms with Gasteiger partial charge in [0.25, 0.3) is 0 Å². The van der Waals surface area contributed by atoms with Crippen molar-refractivity contribution in [1.82, 2.24) is 9.97 Å². The summed E-state index contributed by atoms with van der Waals surface area (Å²) in [5.74, 6) is 0.0895. The van der Waals surface area contributed by atoms with Gasteiger partial charge in [-0.1, -0.05) is 23.2 Å². The molecule has 0 fully saturated rings. The average Bonchev–Trinajstić information content (AvgIpc) is 1.82. The second kappa shape index (κ2) is 2.78. The van der Waals surface area contributed by atoms with Crippen molar-refractivity contribution in [3.05, 3.63) is 15.5 Å². The third kappa shape index (κ3) is 1.42. The fourth-order valence-corrected chi connectivity index (χ4v) is 0.889. The molecule has 0 spiro atoms. The quantitative estimate of drug-likeness (QED) is 0.512. The second-order valence-electron chi connectivity index (χ2n) is 1.48. The van der Waals surface area contributed by atoms with Gasteiger partial charge in [0, 0.05) is 0 Å². The molecular weight excluding hydrogens is 196 g/mol. The highest BCUT2D eigenvalue weighted by Gasteiger charge is 2.05. The van der Waals surface area contributed by atoms with E-state index in [2.05, 4.69) is 9.97 Å². The van der Waals surface area contributed by atoms with Crippen LogP contribution in [0.3, 0.4) is 0 Å². The zero-order chi connectivity index (χ0) is 7.72. The van der Waals surface area contributed by atoms with E-state index in [1.54, 1.807) is 0 Å². The molecule has 2 N–H and O–H groups in total. The third-order valence-electron chi connectivity index (χ3n) is 0.809. The molecule has 0 aliphatic carbocycles. The van der Waals surface area contributed by atoms with Crippen LogP contribution in [0.4, 0.5) is 5.82 Å². The summed E-state index contributed by atoms with van der Waals surface area (Å²) in [7, 11) is 0. The smallest absolute Gasteiger partial charge is 0.225 e. The molecule has 0 radical (unpaired) electrons. The molecule has 0 unspecified atom stereocenters. The van der Waals surface area contributed by atoms with Crippen LogP contribution in [0.2, 0.25) is 15.5 Å². The van der Waals surface area contributed by atoms with Crippen LogP contribution in [0, 0.1) is 0 Å². The van der Waals surface area contributed by atoms with Gasteiger partial charge in [0.2, 0.25) is 5.28 Å². The molecule has 0 aliphatic heterocycles. The lowest BCUT2D eigenvalue weighted by Crippen LogP contribution is -1.94. The van der Waals surface area contributed by atoms with Crippen LogP contribution in [-0.2, 0) is 0 Å². The van der Waals surface area contributed by atoms with Crippen molar-refractivity contribution in [1.29, 1.82) is 0 Å². The van der Waals surface area contributed by atoms with Crippen LogP contribution < -0.4 is 5.73 Å². The van der Waals surface area contributed by atoms with Crippen molar-refractivity contribution in [3.8, 4) is 0 Å². The van der Waals surface area contributed by atoms with Crippen LogP contribution in [0.1, 0.15) is 0 Å². The molecule has 0 atom stereocenters. The van der Waals surface area contributed by atoms with Crippen LogP contribution in [0.5, 0.6) is 0 Å². The maximum Gasteiger partial charge on any atom is 0.225 e. The molecule has 0 amide bonds. The van der Waals surface area contributed by atoms with Gasteiger partial charge >= 0.3 is 0 Å². The Bertz CT molecular complexity index is 239. The lowest BCUT2D eigenvalue weighted by Gasteiger charge is -1.97. The number of anilines is 1. The molecule has 1 aromatic heterocycles. The molecule has 0 saturated heterocycles. The van der Waals surface area contributed by atoms with E-state index in [1.165, 1.54) is 0 Å². The van der Waals surface area contributed by atoms with E-state index in [0.29, 0.717) is 0 Å². The number of aromatic nitrogens is 2. The first kappa shape index (κ1) is 7.85. The van der Waals surface area contributed by atoms with Gasteiger partial charge in [-0.3, -0.25) is 0 Å². The van der Waals surface area contributed by atoms with Gasteiger partial charge in [0.15, 0.2) is 5.15 Å². The summed E-state index contributed by atoms with van der Waals surface area (Å²) >= 11 is 16.4. The molecule has 0 bridgehead atoms. The largest absolute Gasteiger partial charge is 0.382 e. The van der Waals surface area contributed by atoms with Gasteiger partial charge in [-0.15, -0.1) is 0 Å². The van der Waals surface area contributed by atoms with Crippen LogP contribution in [-0.4, -0.2) is 9.97 Å². The van der Waals surface area contributed by atoms with E-state index < -0.39 is 0 Å². The maximum atomic E-state index is 5.51. The second-order valence-corrected chi connectivity index (χ2v) is 2.56. The molecule has 6 heteroatoms. The molecule has 0 saturated carbocycles. The number of nitrogens with zero attached hydrogens (tertiary/aromatic N) is 2. The summed E-state index contributed by atoms with van der Waals surface area (Å²) in [6.07, 6.45) is 0. The fourth-order valence-electron chi connectivity index (χ4n) is 0.409. The van der Waals surface area contributed by atoms with Crippen molar-refractivity contribution >= 4 is 40.6 Å². The number of nitrogens with two attached hydrogens (primary N) is 1. The van der Waals surface area contributed by atoms with E-state index in [-0.39, 0.29) is 21.3 Å². The monoisotopic (exact) mass is 197 g/mol. The summed E-state index contributed by atoms with van der Waals surface area (Å²) in [4.78, 5) is 7.09. The fraction of sp³-hybridized carbons (Fsp3) is 0. The predicted octanol–water partition coefficient (Wildman–Crippen LogP) is 2.02. The Kier molecular flexibility index (Phi) is 2.18. The lowest BCUT2D eigenvalue weighted by atomic mass is 10.6. The molecular formula is C4H2Cl3N3. The molecule has 0 aromatic carbocycles. The Hall–Kier alpha value is -0.250. The number of rotatable bonds is 0. The topological polar surface area (TPSA) is 51.8 Å². The minimum Gasteiger partial charge on any atom is -0.382 e. The molecule has 10 heavy (non-hydrogen) atoms. The summed E-state index contributed by atoms with van der Waals surface area (Å²) in [6, 6.07) is 0. The summed E-state index contributed by atoms with van der Waals surface area (Å²) in [5, 5.41) is 0.192. The SMILES string of the molecule is Nc1nc(Cl)nc(Cl)c1Cl. The Balaban J connectivity index is 3.31. The van der Waals surface area contributed by atoms with Gasteiger partial charge in [0.05, 0.1) is 0 Å². The minimum absolute atomic E-state index is 0.00750. The maximum absolute atomic E-state index is 5.51. The molecule has 54 valence electrons. The molecule has 1 heterocycles. The Morgan fingerprint density at radius 2 is 1.70 bits per heavy atom. The van der Waals surface area contributed by atoms with E-state index in [4.69, 9.17) is 40.5 Å². The lowest BCUT2D eigenvalue weighted by molar-refractivity contribution is 1.18. The van der Waals surface area contributed by atoms with Crippen molar-refractivity contribution < 1.29 is 0 Å². The Morgan fingerprint density at radius 3 is 2.20 bits per heavy atom. The molecule has 3 nitrogen and oxygen atoms in total. The number of hydrogen-bond donors (Lipinski definition) is 1. The van der Waals surface area contributed by atoms with E-state index >= 15 is 0 Å². The van der Waals surface area contributed by atoms with Gasteiger partial charge in [-0.05, 0) is 11.6 Å². The van der Waals surface area contributed by atoms with Crippen LogP contribution in [0.25, 0.3) is 0 Å². The average molecular weight is 198 g/mol. The minimum atomic E-state index is -0.00750. The number of hydrogen-bond acceptors (Lipinski definition) is 3. The Morgan fingerprint density at radius 1 is 1.10 bits per heavy atom. The van der Waals surface area contributed by atoms with Crippen LogP contribution >= 0.6 is 34.8 Å². The first-order valence-corrected chi connectivity index (χ1v) is 3.38. The van der Waals surface area contributed by atoms with Gasteiger partial charge in [-0.25, -0.2) is 4.98 Å². The van der Waals surface area contributed by atoms with E-state index in [0.717, 1.165) is 0 Å². The number of nitrogen functional groups attached to an aromatic ring is 1. The zero-order valence-corrected chi connectivity index (χ0v) is 6.87.